The number of alkyl halides is 1. The first-order valence-electron chi connectivity index (χ1n) is 32.7. The van der Waals surface area contributed by atoms with Crippen LogP contribution in [0.2, 0.25) is 0 Å². The second-order valence-electron chi connectivity index (χ2n) is 29.7. The Morgan fingerprint density at radius 3 is 1.26 bits per heavy atom. The lowest BCUT2D eigenvalue weighted by atomic mass is 9.48. The molecule has 0 aromatic carbocycles. The van der Waals surface area contributed by atoms with E-state index in [0.29, 0.717) is 49.9 Å². The second kappa shape index (κ2) is 34.1. The number of carbonyl (C=O) groups excluding carboxylic acids is 5. The van der Waals surface area contributed by atoms with Crippen LogP contribution in [0.25, 0.3) is 0 Å². The quantitative estimate of drug-likeness (QED) is 0.0614. The third-order valence-electron chi connectivity index (χ3n) is 21.2. The highest BCUT2D eigenvalue weighted by atomic mass is 19.1. The van der Waals surface area contributed by atoms with Gasteiger partial charge in [-0.2, -0.15) is 0 Å². The normalized spacial score (nSPS) is 31.0. The molecule has 0 heterocycles. The van der Waals surface area contributed by atoms with Crippen molar-refractivity contribution in [3.63, 3.8) is 0 Å². The van der Waals surface area contributed by atoms with Crippen molar-refractivity contribution in [3.05, 3.63) is 0 Å². The third-order valence-corrected chi connectivity index (χ3v) is 21.2. The number of rotatable bonds is 14. The molecule has 9 aliphatic carbocycles. The van der Waals surface area contributed by atoms with Gasteiger partial charge >= 0.3 is 41.8 Å². The fourth-order valence-electron chi connectivity index (χ4n) is 13.5. The molecule has 17 nitrogen and oxygen atoms in total. The number of Topliss-reactive ketones (excluding diaryl/α,β-unsaturated/α-hetero) is 2. The molecule has 9 saturated carbocycles. The first-order chi connectivity index (χ1) is 39.9. The Bertz CT molecular complexity index is 2220. The maximum Gasteiger partial charge on any atom is 0.312 e. The summed E-state index contributed by atoms with van der Waals surface area (Å²) in [5.41, 5.74) is -4.68. The minimum absolute atomic E-state index is 0.0127. The van der Waals surface area contributed by atoms with Crippen LogP contribution in [0.15, 0.2) is 0 Å². The summed E-state index contributed by atoms with van der Waals surface area (Å²) in [7, 11) is 2.83. The molecule has 0 radical (unpaired) electrons. The molecule has 0 amide bonds. The number of ether oxygens (including phenoxy) is 3. The van der Waals surface area contributed by atoms with Crippen LogP contribution < -0.4 is 0 Å². The Kier molecular flexibility index (Phi) is 31.6. The number of carbonyl (C=O) groups is 9. The Hall–Kier alpha value is -4.48. The molecule has 87 heavy (non-hydrogen) atoms. The van der Waals surface area contributed by atoms with E-state index >= 15 is 0 Å². The first kappa shape index (κ1) is 80.5. The van der Waals surface area contributed by atoms with E-state index in [1.54, 1.807) is 20.8 Å². The van der Waals surface area contributed by atoms with Gasteiger partial charge in [-0.3, -0.25) is 43.2 Å². The maximum atomic E-state index is 14.0. The van der Waals surface area contributed by atoms with Gasteiger partial charge in [0.05, 0.1) is 65.2 Å². The molecule has 0 saturated heterocycles. The highest BCUT2D eigenvalue weighted by molar-refractivity contribution is 6.08. The topological polar surface area (TPSA) is 282 Å². The molecule has 9 aliphatic rings. The minimum Gasteiger partial charge on any atom is -0.481 e. The zero-order valence-corrected chi connectivity index (χ0v) is 57.2. The first-order valence-corrected chi connectivity index (χ1v) is 32.7. The average Bonchev–Trinajstić information content (AvgIpc) is 1.56. The predicted octanol–water partition coefficient (Wildman–Crippen LogP) is 14.7. The van der Waals surface area contributed by atoms with Gasteiger partial charge in [-0.15, -0.1) is 0 Å². The van der Waals surface area contributed by atoms with Crippen LogP contribution in [-0.4, -0.2) is 110 Å². The highest BCUT2D eigenvalue weighted by Gasteiger charge is 2.63. The molecule has 504 valence electrons. The summed E-state index contributed by atoms with van der Waals surface area (Å²) in [5, 5.41) is 45.1. The number of halogens is 1. The van der Waals surface area contributed by atoms with Gasteiger partial charge in [-0.25, -0.2) is 4.39 Å². The van der Waals surface area contributed by atoms with Crippen LogP contribution in [0.5, 0.6) is 0 Å². The number of hydrogen-bond donors (Lipinski definition) is 5. The van der Waals surface area contributed by atoms with Gasteiger partial charge < -0.3 is 39.7 Å². The molecule has 10 atom stereocenters. The number of methoxy groups -OCH3 is 2. The van der Waals surface area contributed by atoms with Crippen LogP contribution in [0.4, 0.5) is 4.39 Å². The van der Waals surface area contributed by atoms with Crippen molar-refractivity contribution < 1.29 is 87.3 Å². The zero-order chi connectivity index (χ0) is 67.5. The molecular formula is C69H119FO17. The average molecular weight is 1240 g/mol. The third kappa shape index (κ3) is 23.7. The number of esters is 3. The Labute approximate surface area is 521 Å². The van der Waals surface area contributed by atoms with Crippen molar-refractivity contribution in [2.24, 2.45) is 80.3 Å². The van der Waals surface area contributed by atoms with Crippen molar-refractivity contribution in [2.45, 2.75) is 289 Å². The molecule has 6 bridgehead atoms. The minimum atomic E-state index is -1.11. The lowest BCUT2D eigenvalue weighted by Gasteiger charge is -2.59. The molecule has 0 aliphatic heterocycles. The number of hydrogen-bond acceptors (Lipinski definition) is 13. The molecule has 10 unspecified atom stereocenters. The van der Waals surface area contributed by atoms with Crippen LogP contribution >= 0.6 is 0 Å². The van der Waals surface area contributed by atoms with E-state index in [-0.39, 0.29) is 76.3 Å². The molecule has 0 aromatic heterocycles. The van der Waals surface area contributed by atoms with Crippen molar-refractivity contribution in [3.8, 4) is 0 Å². The predicted molar refractivity (Wildman–Crippen MR) is 333 cm³/mol. The van der Waals surface area contributed by atoms with E-state index in [9.17, 15) is 57.8 Å². The second-order valence-corrected chi connectivity index (χ2v) is 29.7. The van der Waals surface area contributed by atoms with Crippen molar-refractivity contribution >= 4 is 53.4 Å². The standard InChI is InChI=1S/C17H26O4.C10H19FO.C8H12O2.C7H10O2.C7H12O2.2C7H14O2.C6H12O2/c1-4-15(2,3)14(20)21-17-8-11-5-12(9-17)7-16(6-11,10-17)13(18)19;1-4-8-6-9(3,12)7-10(8,11)5-2;9-8(10)7-4-5-1-2-6(7)3-5;1-4-5(2)7(9)3-6(4)8;8-7(9)6-4-2-1-3-5-6;2*1-5-7(2,3)6(8)9-4;1-4-6(2,3)5(7)8/h11-12H,4-10H2,1-3H3,(H,18,19);8,12H,4-7H2,1-3H3;5-7H,1-4H2,(H,9,10);4-5H,3H2,1-2H3;6H,1-5H2,(H,8,9);2*5H2,1-4H3;4H2,1-3H3,(H,7,8). The summed E-state index contributed by atoms with van der Waals surface area (Å²) < 4.78 is 29.2. The van der Waals surface area contributed by atoms with Gasteiger partial charge in [-0.1, -0.05) is 87.5 Å². The van der Waals surface area contributed by atoms with Crippen LogP contribution in [0.1, 0.15) is 272 Å². The van der Waals surface area contributed by atoms with E-state index < -0.39 is 57.0 Å². The lowest BCUT2D eigenvalue weighted by molar-refractivity contribution is -0.215. The van der Waals surface area contributed by atoms with Gasteiger partial charge in [0.2, 0.25) is 0 Å². The van der Waals surface area contributed by atoms with Crippen molar-refractivity contribution in [1.29, 1.82) is 0 Å². The Morgan fingerprint density at radius 2 is 1.01 bits per heavy atom. The summed E-state index contributed by atoms with van der Waals surface area (Å²) in [6.45, 7) is 31.8. The monoisotopic (exact) mass is 1240 g/mol. The maximum absolute atomic E-state index is 14.0. The van der Waals surface area contributed by atoms with Crippen LogP contribution in [0, 0.1) is 80.3 Å². The summed E-state index contributed by atoms with van der Waals surface area (Å²) in [4.78, 5) is 98.7. The molecular weight excluding hydrogens is 1120 g/mol. The van der Waals surface area contributed by atoms with Gasteiger partial charge in [0.1, 0.15) is 22.8 Å². The summed E-state index contributed by atoms with van der Waals surface area (Å²) >= 11 is 0. The van der Waals surface area contributed by atoms with Crippen LogP contribution in [0.3, 0.4) is 0 Å². The Balaban J connectivity index is 0.000000511. The number of carboxylic acid groups (broad SMARTS) is 4. The van der Waals surface area contributed by atoms with Crippen molar-refractivity contribution in [1.82, 2.24) is 0 Å². The van der Waals surface area contributed by atoms with E-state index in [0.717, 1.165) is 95.8 Å². The SMILES string of the molecule is CC1C(=O)CC(=O)C1C.CCC(C)(C)C(=O)O.CCC(C)(C)C(=O)OC.CCC(C)(C)C(=O)OC.CCC(C)(C)C(=O)OC12CC3CC(C1)CC(C(=O)O)(C3)C2.CCC1CC(C)(O)CC1(F)CC.O=C(O)C1CC2CCC1C2.O=C(O)C1CCCCC1. The zero-order valence-electron chi connectivity index (χ0n) is 57.2. The molecule has 0 spiro atoms. The van der Waals surface area contributed by atoms with Crippen LogP contribution in [-0.2, 0) is 57.4 Å². The smallest absolute Gasteiger partial charge is 0.312 e. The van der Waals surface area contributed by atoms with Gasteiger partial charge in [0.15, 0.2) is 0 Å². The number of carboxylic acids is 4. The van der Waals surface area contributed by atoms with E-state index in [2.05, 4.69) is 9.47 Å². The van der Waals surface area contributed by atoms with Crippen molar-refractivity contribution in [2.75, 3.05) is 14.2 Å². The fraction of sp³-hybridized carbons (Fsp3) is 0.870. The van der Waals surface area contributed by atoms with E-state index in [1.807, 2.05) is 96.9 Å². The number of aliphatic hydroxyl groups is 1. The molecule has 9 rings (SSSR count). The van der Waals surface area contributed by atoms with Gasteiger partial charge in [0.25, 0.3) is 0 Å². The molecule has 0 aromatic rings. The van der Waals surface area contributed by atoms with E-state index in [1.165, 1.54) is 39.9 Å². The number of aliphatic carboxylic acids is 4. The van der Waals surface area contributed by atoms with Gasteiger partial charge in [-0.05, 0) is 195 Å². The van der Waals surface area contributed by atoms with Gasteiger partial charge in [0, 0.05) is 24.7 Å². The summed E-state index contributed by atoms with van der Waals surface area (Å²) in [6.07, 6.45) is 20.3. The molecule has 18 heteroatoms. The Morgan fingerprint density at radius 1 is 0.563 bits per heavy atom. The molecule has 5 N–H and O–H groups in total. The fourth-order valence-corrected chi connectivity index (χ4v) is 13.5. The summed E-state index contributed by atoms with van der Waals surface area (Å²) in [6, 6.07) is 0. The highest BCUT2D eigenvalue weighted by Crippen LogP contribution is 2.63. The largest absolute Gasteiger partial charge is 0.481 e. The number of fused-ring (bicyclic) bond motifs is 2. The number of ketones is 2. The molecule has 9 fully saturated rings. The lowest BCUT2D eigenvalue weighted by Crippen LogP contribution is -2.60. The summed E-state index contributed by atoms with van der Waals surface area (Å²) in [5.74, 6) is -0.699. The van der Waals surface area contributed by atoms with E-state index in [4.69, 9.17) is 20.1 Å².